The SMILES string of the molecule is N#Cc1ccc(N=c2oc(-c3ccco3)c(-c3ccco3)o2)cc1. The molecule has 0 radical (unpaired) electrons. The summed E-state index contributed by atoms with van der Waals surface area (Å²) in [5.74, 6) is 1.85. The van der Waals surface area contributed by atoms with Gasteiger partial charge in [-0.1, -0.05) is 0 Å². The van der Waals surface area contributed by atoms with E-state index in [1.54, 1.807) is 61.1 Å². The molecular weight excluding hydrogens is 308 g/mol. The van der Waals surface area contributed by atoms with E-state index in [1.807, 2.05) is 0 Å². The summed E-state index contributed by atoms with van der Waals surface area (Å²) < 4.78 is 22.1. The molecule has 0 atom stereocenters. The second-order valence-corrected chi connectivity index (χ2v) is 4.85. The van der Waals surface area contributed by atoms with Crippen molar-refractivity contribution in [1.29, 1.82) is 5.26 Å². The molecule has 0 aliphatic heterocycles. The van der Waals surface area contributed by atoms with Gasteiger partial charge in [-0.2, -0.15) is 10.3 Å². The smallest absolute Gasteiger partial charge is 0.400 e. The fourth-order valence-electron chi connectivity index (χ4n) is 2.19. The zero-order valence-electron chi connectivity index (χ0n) is 12.3. The number of benzene rings is 1. The lowest BCUT2D eigenvalue weighted by Crippen LogP contribution is -1.91. The van der Waals surface area contributed by atoms with Crippen LogP contribution >= 0.6 is 0 Å². The second kappa shape index (κ2) is 5.82. The lowest BCUT2D eigenvalue weighted by molar-refractivity contribution is 0.369. The summed E-state index contributed by atoms with van der Waals surface area (Å²) in [4.78, 5) is 4.29. The van der Waals surface area contributed by atoms with Crippen LogP contribution in [-0.2, 0) is 0 Å². The molecule has 0 aliphatic carbocycles. The first-order valence-corrected chi connectivity index (χ1v) is 7.10. The Bertz CT molecular complexity index is 989. The highest BCUT2D eigenvalue weighted by Gasteiger charge is 2.20. The lowest BCUT2D eigenvalue weighted by atomic mass is 10.2. The van der Waals surface area contributed by atoms with E-state index in [4.69, 9.17) is 22.9 Å². The predicted octanol–water partition coefficient (Wildman–Crippen LogP) is 4.50. The van der Waals surface area contributed by atoms with Gasteiger partial charge in [-0.25, -0.2) is 0 Å². The fraction of sp³-hybridized carbons (Fsp3) is 0. The van der Waals surface area contributed by atoms with Crippen molar-refractivity contribution >= 4 is 5.69 Å². The first-order valence-electron chi connectivity index (χ1n) is 7.10. The van der Waals surface area contributed by atoms with Crippen LogP contribution < -0.4 is 5.75 Å². The number of nitrogens with zero attached hydrogens (tertiary/aromatic N) is 2. The Morgan fingerprint density at radius 2 is 1.38 bits per heavy atom. The quantitative estimate of drug-likeness (QED) is 0.555. The molecule has 0 saturated carbocycles. The van der Waals surface area contributed by atoms with Crippen LogP contribution in [0, 0.1) is 11.3 Å². The maximum atomic E-state index is 8.83. The van der Waals surface area contributed by atoms with Crippen molar-refractivity contribution in [3.63, 3.8) is 0 Å². The van der Waals surface area contributed by atoms with Gasteiger partial charge in [0.05, 0.1) is 29.8 Å². The third-order valence-electron chi connectivity index (χ3n) is 3.29. The normalized spacial score (nSPS) is 10.5. The molecule has 24 heavy (non-hydrogen) atoms. The Labute approximate surface area is 135 Å². The second-order valence-electron chi connectivity index (χ2n) is 4.85. The molecule has 6 heteroatoms. The topological polar surface area (TPSA) is 88.7 Å². The van der Waals surface area contributed by atoms with E-state index in [2.05, 4.69) is 11.1 Å². The number of nitriles is 1. The van der Waals surface area contributed by atoms with Gasteiger partial charge in [0, 0.05) is 0 Å². The van der Waals surface area contributed by atoms with Crippen LogP contribution in [0.4, 0.5) is 5.69 Å². The number of hydrogen-bond acceptors (Lipinski definition) is 6. The van der Waals surface area contributed by atoms with Crippen molar-refractivity contribution in [2.45, 2.75) is 0 Å². The summed E-state index contributed by atoms with van der Waals surface area (Å²) in [6.07, 6.45) is 3.09. The van der Waals surface area contributed by atoms with E-state index in [0.717, 1.165) is 0 Å². The molecule has 0 fully saturated rings. The van der Waals surface area contributed by atoms with E-state index in [-0.39, 0.29) is 5.75 Å². The average molecular weight is 318 g/mol. The minimum Gasteiger partial charge on any atom is -0.461 e. The lowest BCUT2D eigenvalue weighted by Gasteiger charge is -1.92. The van der Waals surface area contributed by atoms with Gasteiger partial charge in [0.1, 0.15) is 0 Å². The Morgan fingerprint density at radius 1 is 0.792 bits per heavy atom. The summed E-state index contributed by atoms with van der Waals surface area (Å²) in [7, 11) is 0. The summed E-state index contributed by atoms with van der Waals surface area (Å²) >= 11 is 0. The number of rotatable bonds is 3. The van der Waals surface area contributed by atoms with Crippen molar-refractivity contribution in [3.05, 3.63) is 72.4 Å². The zero-order valence-corrected chi connectivity index (χ0v) is 12.3. The molecule has 0 spiro atoms. The maximum absolute atomic E-state index is 8.83. The molecule has 116 valence electrons. The first-order chi connectivity index (χ1) is 11.8. The van der Waals surface area contributed by atoms with Gasteiger partial charge in [-0.05, 0) is 48.5 Å². The van der Waals surface area contributed by atoms with Crippen molar-refractivity contribution in [3.8, 4) is 29.1 Å². The Kier molecular flexibility index (Phi) is 3.37. The molecule has 0 amide bonds. The van der Waals surface area contributed by atoms with Crippen LogP contribution in [0.25, 0.3) is 23.0 Å². The van der Waals surface area contributed by atoms with Gasteiger partial charge in [-0.15, -0.1) is 0 Å². The standard InChI is InChI=1S/C18H10N2O4/c19-11-12-5-7-13(8-6-12)20-18-23-16(14-3-1-9-21-14)17(24-18)15-4-2-10-22-15/h1-10H. The Balaban J connectivity index is 1.83. The molecule has 4 aromatic rings. The van der Waals surface area contributed by atoms with Gasteiger partial charge < -0.3 is 17.7 Å². The third kappa shape index (κ3) is 2.55. The highest BCUT2D eigenvalue weighted by atomic mass is 16.5. The van der Waals surface area contributed by atoms with Crippen molar-refractivity contribution in [2.24, 2.45) is 4.99 Å². The zero-order chi connectivity index (χ0) is 16.4. The van der Waals surface area contributed by atoms with Crippen LogP contribution in [0.5, 0.6) is 0 Å². The summed E-state index contributed by atoms with van der Waals surface area (Å²) in [6.45, 7) is 0. The minimum absolute atomic E-state index is 0.0532. The van der Waals surface area contributed by atoms with Crippen LogP contribution in [0.2, 0.25) is 0 Å². The van der Waals surface area contributed by atoms with Gasteiger partial charge in [0.25, 0.3) is 0 Å². The molecule has 0 saturated heterocycles. The van der Waals surface area contributed by atoms with Gasteiger partial charge in [0.2, 0.25) is 11.5 Å². The highest BCUT2D eigenvalue weighted by Crippen LogP contribution is 2.32. The molecule has 0 bridgehead atoms. The van der Waals surface area contributed by atoms with Gasteiger partial charge in [-0.3, -0.25) is 0 Å². The molecule has 0 unspecified atom stereocenters. The molecule has 3 heterocycles. The van der Waals surface area contributed by atoms with E-state index in [0.29, 0.717) is 34.3 Å². The molecule has 6 nitrogen and oxygen atoms in total. The molecule has 4 rings (SSSR count). The van der Waals surface area contributed by atoms with Gasteiger partial charge >= 0.3 is 5.75 Å². The number of hydrogen-bond donors (Lipinski definition) is 0. The van der Waals surface area contributed by atoms with Crippen molar-refractivity contribution in [2.75, 3.05) is 0 Å². The van der Waals surface area contributed by atoms with E-state index >= 15 is 0 Å². The predicted molar refractivity (Wildman–Crippen MR) is 82.8 cm³/mol. The molecule has 0 N–H and O–H groups in total. The van der Waals surface area contributed by atoms with E-state index < -0.39 is 0 Å². The summed E-state index contributed by atoms with van der Waals surface area (Å²) in [6, 6.07) is 15.8. The maximum Gasteiger partial charge on any atom is 0.400 e. The first kappa shape index (κ1) is 13.9. The Hall–Kier alpha value is -3.72. The van der Waals surface area contributed by atoms with Crippen LogP contribution in [0.1, 0.15) is 5.56 Å². The fourth-order valence-corrected chi connectivity index (χ4v) is 2.19. The Morgan fingerprint density at radius 3 is 1.83 bits per heavy atom. The monoisotopic (exact) mass is 318 g/mol. The minimum atomic E-state index is 0.0532. The van der Waals surface area contributed by atoms with Crippen LogP contribution in [0.15, 0.2) is 83.7 Å². The largest absolute Gasteiger partial charge is 0.461 e. The van der Waals surface area contributed by atoms with E-state index in [1.165, 1.54) is 0 Å². The van der Waals surface area contributed by atoms with E-state index in [9.17, 15) is 0 Å². The van der Waals surface area contributed by atoms with Gasteiger partial charge in [0.15, 0.2) is 11.5 Å². The van der Waals surface area contributed by atoms with Crippen LogP contribution in [-0.4, -0.2) is 0 Å². The average Bonchev–Trinajstić information content (AvgIpc) is 3.36. The molecule has 0 aliphatic rings. The third-order valence-corrected chi connectivity index (χ3v) is 3.29. The highest BCUT2D eigenvalue weighted by molar-refractivity contribution is 5.68. The van der Waals surface area contributed by atoms with Crippen molar-refractivity contribution in [1.82, 2.24) is 0 Å². The summed E-state index contributed by atoms with van der Waals surface area (Å²) in [5, 5.41) is 8.83. The van der Waals surface area contributed by atoms with Crippen molar-refractivity contribution < 1.29 is 17.7 Å². The van der Waals surface area contributed by atoms with Crippen LogP contribution in [0.3, 0.4) is 0 Å². The number of furan rings is 2. The molecule has 3 aromatic heterocycles. The molecular formula is C18H10N2O4. The molecule has 1 aromatic carbocycles. The summed E-state index contributed by atoms with van der Waals surface area (Å²) in [5.41, 5.74) is 1.15.